The average Bonchev–Trinajstić information content (AvgIpc) is 2.95. The Bertz CT molecular complexity index is 670. The molecule has 0 spiro atoms. The van der Waals surface area contributed by atoms with Crippen LogP contribution in [0.3, 0.4) is 0 Å². The first-order valence-corrected chi connectivity index (χ1v) is 8.75. The second-order valence-corrected chi connectivity index (χ2v) is 7.45. The first-order chi connectivity index (χ1) is 10.3. The summed E-state index contributed by atoms with van der Waals surface area (Å²) >= 11 is 0. The van der Waals surface area contributed by atoms with E-state index in [4.69, 9.17) is 5.73 Å². The average molecular weight is 363 g/mol. The summed E-state index contributed by atoms with van der Waals surface area (Å²) in [6.07, 6.45) is 3.39. The van der Waals surface area contributed by atoms with Crippen LogP contribution in [0.15, 0.2) is 23.1 Å². The molecule has 23 heavy (non-hydrogen) atoms. The molecule has 0 aliphatic heterocycles. The van der Waals surface area contributed by atoms with Gasteiger partial charge >= 0.3 is 5.97 Å². The first kappa shape index (κ1) is 19.9. The number of methoxy groups -OCH3 is 1. The molecule has 8 heteroatoms. The number of carbonyl (C=O) groups is 1. The minimum absolute atomic E-state index is 0. The van der Waals surface area contributed by atoms with Gasteiger partial charge in [0.25, 0.3) is 0 Å². The third-order valence-corrected chi connectivity index (χ3v) is 5.80. The van der Waals surface area contributed by atoms with Crippen LogP contribution >= 0.6 is 12.4 Å². The highest BCUT2D eigenvalue weighted by Crippen LogP contribution is 2.30. The fourth-order valence-electron chi connectivity index (χ4n) is 2.84. The van der Waals surface area contributed by atoms with Gasteiger partial charge in [0, 0.05) is 12.1 Å². The highest BCUT2D eigenvalue weighted by molar-refractivity contribution is 7.89. The number of hydrogen-bond acceptors (Lipinski definition) is 5. The van der Waals surface area contributed by atoms with E-state index < -0.39 is 21.5 Å². The Morgan fingerprint density at radius 2 is 1.96 bits per heavy atom. The number of nitrogens with two attached hydrogens (primary N) is 1. The van der Waals surface area contributed by atoms with Crippen LogP contribution < -0.4 is 10.5 Å². The molecular weight excluding hydrogens is 340 g/mol. The van der Waals surface area contributed by atoms with E-state index in [-0.39, 0.29) is 29.4 Å². The second-order valence-electron chi connectivity index (χ2n) is 5.77. The van der Waals surface area contributed by atoms with Crippen molar-refractivity contribution in [1.29, 1.82) is 0 Å². The van der Waals surface area contributed by atoms with Gasteiger partial charge in [-0.1, -0.05) is 18.9 Å². The van der Waals surface area contributed by atoms with Crippen LogP contribution in [0.5, 0.6) is 0 Å². The van der Waals surface area contributed by atoms with E-state index in [1.54, 1.807) is 13.0 Å². The van der Waals surface area contributed by atoms with Crippen molar-refractivity contribution in [3.8, 4) is 0 Å². The maximum atomic E-state index is 12.6. The third kappa shape index (κ3) is 4.23. The number of hydrogen-bond donors (Lipinski definition) is 2. The Labute approximate surface area is 143 Å². The predicted octanol–water partition coefficient (Wildman–Crippen LogP) is 1.75. The van der Waals surface area contributed by atoms with Crippen LogP contribution in [0.4, 0.5) is 0 Å². The lowest BCUT2D eigenvalue weighted by molar-refractivity contribution is 0.0599. The highest BCUT2D eigenvalue weighted by atomic mass is 35.5. The molecule has 130 valence electrons. The van der Waals surface area contributed by atoms with Crippen molar-refractivity contribution in [2.24, 2.45) is 5.73 Å². The topological polar surface area (TPSA) is 98.5 Å². The minimum atomic E-state index is -3.73. The molecule has 0 radical (unpaired) electrons. The summed E-state index contributed by atoms with van der Waals surface area (Å²) in [7, 11) is -2.47. The van der Waals surface area contributed by atoms with Gasteiger partial charge in [-0.25, -0.2) is 17.9 Å². The molecule has 3 N–H and O–H groups in total. The molecule has 1 fully saturated rings. The summed E-state index contributed by atoms with van der Waals surface area (Å²) in [5.41, 5.74) is 6.12. The molecular formula is C15H23ClN2O4S. The second kappa shape index (κ2) is 7.61. The summed E-state index contributed by atoms with van der Waals surface area (Å²) in [4.78, 5) is 11.8. The SMILES string of the molecule is COC(=O)c1cc(S(=O)(=O)NC2(CN)CCCC2)ccc1C.Cl. The summed E-state index contributed by atoms with van der Waals surface area (Å²) in [6, 6.07) is 4.44. The molecule has 0 bridgehead atoms. The molecule has 1 aliphatic rings. The van der Waals surface area contributed by atoms with E-state index >= 15 is 0 Å². The molecule has 1 aromatic rings. The highest BCUT2D eigenvalue weighted by Gasteiger charge is 2.37. The Kier molecular flexibility index (Phi) is 6.59. The smallest absolute Gasteiger partial charge is 0.338 e. The number of benzene rings is 1. The van der Waals surface area contributed by atoms with E-state index in [1.165, 1.54) is 19.2 Å². The molecule has 0 saturated heterocycles. The summed E-state index contributed by atoms with van der Waals surface area (Å²) in [5, 5.41) is 0. The van der Waals surface area contributed by atoms with Crippen molar-refractivity contribution >= 4 is 28.4 Å². The Morgan fingerprint density at radius 1 is 1.35 bits per heavy atom. The van der Waals surface area contributed by atoms with Crippen molar-refractivity contribution in [2.75, 3.05) is 13.7 Å². The van der Waals surface area contributed by atoms with Gasteiger partial charge in [0.15, 0.2) is 0 Å². The van der Waals surface area contributed by atoms with Crippen molar-refractivity contribution in [2.45, 2.75) is 43.0 Å². The number of sulfonamides is 1. The third-order valence-electron chi connectivity index (χ3n) is 4.23. The van der Waals surface area contributed by atoms with Gasteiger partial charge in [-0.3, -0.25) is 0 Å². The van der Waals surface area contributed by atoms with Gasteiger partial charge < -0.3 is 10.5 Å². The normalized spacial score (nSPS) is 16.7. The zero-order valence-corrected chi connectivity index (χ0v) is 14.9. The van der Waals surface area contributed by atoms with Crippen LogP contribution in [-0.4, -0.2) is 33.6 Å². The number of aryl methyl sites for hydroxylation is 1. The summed E-state index contributed by atoms with van der Waals surface area (Å²) in [5.74, 6) is -0.552. The first-order valence-electron chi connectivity index (χ1n) is 7.27. The van der Waals surface area contributed by atoms with E-state index in [2.05, 4.69) is 9.46 Å². The summed E-state index contributed by atoms with van der Waals surface area (Å²) in [6.45, 7) is 2.00. The molecule has 0 atom stereocenters. The van der Waals surface area contributed by atoms with E-state index in [0.29, 0.717) is 5.56 Å². The fourth-order valence-corrected chi connectivity index (χ4v) is 4.34. The molecule has 0 amide bonds. The van der Waals surface area contributed by atoms with Gasteiger partial charge in [-0.15, -0.1) is 12.4 Å². The van der Waals surface area contributed by atoms with Crippen LogP contribution in [0.25, 0.3) is 0 Å². The quantitative estimate of drug-likeness (QED) is 0.777. The van der Waals surface area contributed by atoms with Crippen LogP contribution in [-0.2, 0) is 14.8 Å². The molecule has 0 aromatic heterocycles. The van der Waals surface area contributed by atoms with Gasteiger partial charge in [0.05, 0.1) is 17.6 Å². The van der Waals surface area contributed by atoms with Crippen molar-refractivity contribution < 1.29 is 17.9 Å². The number of ether oxygens (including phenoxy) is 1. The maximum Gasteiger partial charge on any atom is 0.338 e. The lowest BCUT2D eigenvalue weighted by Gasteiger charge is -2.28. The number of halogens is 1. The van der Waals surface area contributed by atoms with Crippen LogP contribution in [0.2, 0.25) is 0 Å². The van der Waals surface area contributed by atoms with Crippen molar-refractivity contribution in [3.05, 3.63) is 29.3 Å². The molecule has 1 aliphatic carbocycles. The molecule has 2 rings (SSSR count). The van der Waals surface area contributed by atoms with E-state index in [9.17, 15) is 13.2 Å². The molecule has 6 nitrogen and oxygen atoms in total. The summed E-state index contributed by atoms with van der Waals surface area (Å²) < 4.78 is 32.6. The van der Waals surface area contributed by atoms with Gasteiger partial charge in [-0.2, -0.15) is 0 Å². The lowest BCUT2D eigenvalue weighted by Crippen LogP contribution is -2.51. The van der Waals surface area contributed by atoms with Gasteiger partial charge in [0.2, 0.25) is 10.0 Å². The van der Waals surface area contributed by atoms with Crippen LogP contribution in [0.1, 0.15) is 41.6 Å². The minimum Gasteiger partial charge on any atom is -0.465 e. The standard InChI is InChI=1S/C15H22N2O4S.ClH/c1-11-5-6-12(9-13(11)14(18)21-2)22(19,20)17-15(10-16)7-3-4-8-15;/h5-6,9,17H,3-4,7-8,10,16H2,1-2H3;1H. The lowest BCUT2D eigenvalue weighted by atomic mass is 10.0. The van der Waals surface area contributed by atoms with Crippen molar-refractivity contribution in [1.82, 2.24) is 4.72 Å². The zero-order chi connectivity index (χ0) is 16.4. The Balaban J connectivity index is 0.00000264. The molecule has 0 unspecified atom stereocenters. The maximum absolute atomic E-state index is 12.6. The molecule has 1 aromatic carbocycles. The number of rotatable bonds is 5. The molecule has 0 heterocycles. The fraction of sp³-hybridized carbons (Fsp3) is 0.533. The molecule has 1 saturated carbocycles. The predicted molar refractivity (Wildman–Crippen MR) is 90.3 cm³/mol. The van der Waals surface area contributed by atoms with Gasteiger partial charge in [0.1, 0.15) is 0 Å². The number of esters is 1. The largest absolute Gasteiger partial charge is 0.465 e. The van der Waals surface area contributed by atoms with Crippen LogP contribution in [0, 0.1) is 6.92 Å². The van der Waals surface area contributed by atoms with E-state index in [1.807, 2.05) is 0 Å². The number of nitrogens with one attached hydrogen (secondary N) is 1. The van der Waals surface area contributed by atoms with Crippen molar-refractivity contribution in [3.63, 3.8) is 0 Å². The van der Waals surface area contributed by atoms with E-state index in [0.717, 1.165) is 25.7 Å². The van der Waals surface area contributed by atoms with Gasteiger partial charge in [-0.05, 0) is 37.5 Å². The zero-order valence-electron chi connectivity index (χ0n) is 13.3. The monoisotopic (exact) mass is 362 g/mol. The Hall–Kier alpha value is -1.15. The Morgan fingerprint density at radius 3 is 2.48 bits per heavy atom. The number of carbonyl (C=O) groups excluding carboxylic acids is 1.